The van der Waals surface area contributed by atoms with Crippen LogP contribution in [0.1, 0.15) is 5.56 Å². The quantitative estimate of drug-likeness (QED) is 0.612. The molecule has 0 bridgehead atoms. The predicted octanol–water partition coefficient (Wildman–Crippen LogP) is 2.96. The van der Waals surface area contributed by atoms with Crippen LogP contribution in [0.15, 0.2) is 54.6 Å². The molecular formula is C20H22N2O4. The molecule has 0 saturated carbocycles. The molecule has 0 aliphatic carbocycles. The van der Waals surface area contributed by atoms with Gasteiger partial charge in [-0.25, -0.2) is 4.79 Å². The Hall–Kier alpha value is -3.28. The molecule has 2 rings (SSSR count). The Kier molecular flexibility index (Phi) is 6.79. The molecule has 0 saturated heterocycles. The van der Waals surface area contributed by atoms with Crippen molar-refractivity contribution in [3.8, 4) is 5.75 Å². The van der Waals surface area contributed by atoms with Gasteiger partial charge in [-0.1, -0.05) is 18.2 Å². The van der Waals surface area contributed by atoms with Gasteiger partial charge >= 0.3 is 5.97 Å². The SMILES string of the molecule is COc1ccccc1/C=C/C(=O)OCC(=O)Nc1ccc(N(C)C)cc1. The van der Waals surface area contributed by atoms with Gasteiger partial charge in [0.25, 0.3) is 5.91 Å². The molecule has 0 spiro atoms. The maximum atomic E-state index is 11.9. The minimum absolute atomic E-state index is 0.357. The lowest BCUT2D eigenvalue weighted by atomic mass is 10.2. The first-order chi connectivity index (χ1) is 12.5. The molecule has 0 aliphatic rings. The molecule has 2 aromatic rings. The summed E-state index contributed by atoms with van der Waals surface area (Å²) < 4.78 is 10.1. The third-order valence-electron chi connectivity index (χ3n) is 3.55. The number of hydrogen-bond donors (Lipinski definition) is 1. The first kappa shape index (κ1) is 19.1. The summed E-state index contributed by atoms with van der Waals surface area (Å²) >= 11 is 0. The van der Waals surface area contributed by atoms with E-state index in [1.54, 1.807) is 31.4 Å². The molecule has 0 unspecified atom stereocenters. The summed E-state index contributed by atoms with van der Waals surface area (Å²) in [6, 6.07) is 14.6. The van der Waals surface area contributed by atoms with Crippen molar-refractivity contribution in [2.24, 2.45) is 0 Å². The number of esters is 1. The van der Waals surface area contributed by atoms with Crippen LogP contribution in [-0.2, 0) is 14.3 Å². The number of amides is 1. The average Bonchev–Trinajstić information content (AvgIpc) is 2.65. The predicted molar refractivity (Wildman–Crippen MR) is 102 cm³/mol. The second-order valence-corrected chi connectivity index (χ2v) is 5.67. The molecule has 6 nitrogen and oxygen atoms in total. The molecule has 0 radical (unpaired) electrons. The number of carbonyl (C=O) groups is 2. The van der Waals surface area contributed by atoms with Gasteiger partial charge in [-0.2, -0.15) is 0 Å². The van der Waals surface area contributed by atoms with Crippen molar-refractivity contribution >= 4 is 29.3 Å². The lowest BCUT2D eigenvalue weighted by Gasteiger charge is -2.13. The number of hydrogen-bond acceptors (Lipinski definition) is 5. The Balaban J connectivity index is 1.83. The molecule has 0 atom stereocenters. The number of carbonyl (C=O) groups excluding carboxylic acids is 2. The highest BCUT2D eigenvalue weighted by molar-refractivity contribution is 5.94. The van der Waals surface area contributed by atoms with Gasteiger partial charge in [-0.05, 0) is 36.4 Å². The fraction of sp³-hybridized carbons (Fsp3) is 0.200. The van der Waals surface area contributed by atoms with E-state index in [1.807, 2.05) is 49.3 Å². The van der Waals surface area contributed by atoms with Crippen molar-refractivity contribution in [3.63, 3.8) is 0 Å². The molecule has 26 heavy (non-hydrogen) atoms. The molecule has 136 valence electrons. The van der Waals surface area contributed by atoms with Crippen LogP contribution in [0, 0.1) is 0 Å². The van der Waals surface area contributed by atoms with Gasteiger partial charge in [0.2, 0.25) is 0 Å². The molecular weight excluding hydrogens is 332 g/mol. The van der Waals surface area contributed by atoms with Crippen molar-refractivity contribution in [3.05, 3.63) is 60.2 Å². The van der Waals surface area contributed by atoms with E-state index < -0.39 is 11.9 Å². The highest BCUT2D eigenvalue weighted by Gasteiger charge is 2.06. The molecule has 6 heteroatoms. The summed E-state index contributed by atoms with van der Waals surface area (Å²) in [6.45, 7) is -0.357. The van der Waals surface area contributed by atoms with Crippen LogP contribution >= 0.6 is 0 Å². The Morgan fingerprint density at radius 1 is 1.08 bits per heavy atom. The molecule has 1 amide bonds. The van der Waals surface area contributed by atoms with Crippen molar-refractivity contribution in [1.29, 1.82) is 0 Å². The van der Waals surface area contributed by atoms with Gasteiger partial charge in [-0.15, -0.1) is 0 Å². The zero-order valence-corrected chi connectivity index (χ0v) is 15.1. The van der Waals surface area contributed by atoms with Gasteiger partial charge in [0.15, 0.2) is 6.61 Å². The van der Waals surface area contributed by atoms with Crippen LogP contribution in [0.25, 0.3) is 6.08 Å². The lowest BCUT2D eigenvalue weighted by molar-refractivity contribution is -0.142. The number of benzene rings is 2. The van der Waals surface area contributed by atoms with Gasteiger partial charge in [0, 0.05) is 37.1 Å². The summed E-state index contributed by atoms with van der Waals surface area (Å²) in [5.74, 6) is -0.355. The van der Waals surface area contributed by atoms with Crippen LogP contribution in [0.2, 0.25) is 0 Å². The molecule has 0 fully saturated rings. The summed E-state index contributed by atoms with van der Waals surface area (Å²) in [7, 11) is 5.43. The van der Waals surface area contributed by atoms with Gasteiger partial charge < -0.3 is 19.7 Å². The van der Waals surface area contributed by atoms with Crippen LogP contribution in [0.3, 0.4) is 0 Å². The summed E-state index contributed by atoms with van der Waals surface area (Å²) in [5, 5.41) is 2.68. The van der Waals surface area contributed by atoms with Gasteiger partial charge in [-0.3, -0.25) is 4.79 Å². The van der Waals surface area contributed by atoms with Crippen LogP contribution in [0.5, 0.6) is 5.75 Å². The Morgan fingerprint density at radius 2 is 1.77 bits per heavy atom. The second-order valence-electron chi connectivity index (χ2n) is 5.67. The van der Waals surface area contributed by atoms with E-state index in [0.717, 1.165) is 11.3 Å². The van der Waals surface area contributed by atoms with Crippen LogP contribution in [0.4, 0.5) is 11.4 Å². The first-order valence-electron chi connectivity index (χ1n) is 8.04. The largest absolute Gasteiger partial charge is 0.496 e. The minimum atomic E-state index is -0.603. The van der Waals surface area contributed by atoms with E-state index in [9.17, 15) is 9.59 Å². The number of nitrogens with zero attached hydrogens (tertiary/aromatic N) is 1. The van der Waals surface area contributed by atoms with Gasteiger partial charge in [0.05, 0.1) is 7.11 Å². The standard InChI is InChI=1S/C20H22N2O4/c1-22(2)17-11-9-16(10-12-17)21-19(23)14-26-20(24)13-8-15-6-4-5-7-18(15)25-3/h4-13H,14H2,1-3H3,(H,21,23)/b13-8+. The minimum Gasteiger partial charge on any atom is -0.496 e. The van der Waals surface area contributed by atoms with E-state index in [-0.39, 0.29) is 6.61 Å². The first-order valence-corrected chi connectivity index (χ1v) is 8.04. The molecule has 0 aromatic heterocycles. The fourth-order valence-corrected chi connectivity index (χ4v) is 2.19. The number of rotatable bonds is 7. The van der Waals surface area contributed by atoms with E-state index >= 15 is 0 Å². The smallest absolute Gasteiger partial charge is 0.331 e. The van der Waals surface area contributed by atoms with Crippen molar-refractivity contribution < 1.29 is 19.1 Å². The third kappa shape index (κ3) is 5.66. The Morgan fingerprint density at radius 3 is 2.42 bits per heavy atom. The Bertz CT molecular complexity index is 783. The van der Waals surface area contributed by atoms with Crippen molar-refractivity contribution in [2.45, 2.75) is 0 Å². The normalized spacial score (nSPS) is 10.4. The van der Waals surface area contributed by atoms with E-state index in [2.05, 4.69) is 5.32 Å². The maximum absolute atomic E-state index is 11.9. The third-order valence-corrected chi connectivity index (χ3v) is 3.55. The van der Waals surface area contributed by atoms with Crippen LogP contribution < -0.4 is 15.0 Å². The second kappa shape index (κ2) is 9.27. The zero-order valence-electron chi connectivity index (χ0n) is 15.1. The average molecular weight is 354 g/mol. The topological polar surface area (TPSA) is 67.9 Å². The van der Waals surface area contributed by atoms with Crippen molar-refractivity contribution in [1.82, 2.24) is 0 Å². The number of anilines is 2. The molecule has 0 heterocycles. The van der Waals surface area contributed by atoms with Crippen molar-refractivity contribution in [2.75, 3.05) is 38.0 Å². The number of para-hydroxylation sites is 1. The maximum Gasteiger partial charge on any atom is 0.331 e. The highest BCUT2D eigenvalue weighted by atomic mass is 16.5. The molecule has 1 N–H and O–H groups in total. The number of methoxy groups -OCH3 is 1. The highest BCUT2D eigenvalue weighted by Crippen LogP contribution is 2.18. The van der Waals surface area contributed by atoms with E-state index in [0.29, 0.717) is 11.4 Å². The van der Waals surface area contributed by atoms with E-state index in [1.165, 1.54) is 6.08 Å². The van der Waals surface area contributed by atoms with Crippen LogP contribution in [-0.4, -0.2) is 39.7 Å². The summed E-state index contributed by atoms with van der Waals surface area (Å²) in [4.78, 5) is 25.6. The molecule has 2 aromatic carbocycles. The summed E-state index contributed by atoms with van der Waals surface area (Å²) in [5.41, 5.74) is 2.41. The lowest BCUT2D eigenvalue weighted by Crippen LogP contribution is -2.20. The zero-order chi connectivity index (χ0) is 18.9. The Labute approximate surface area is 153 Å². The number of nitrogens with one attached hydrogen (secondary N) is 1. The van der Waals surface area contributed by atoms with E-state index in [4.69, 9.17) is 9.47 Å². The fourth-order valence-electron chi connectivity index (χ4n) is 2.19. The molecule has 0 aliphatic heterocycles. The van der Waals surface area contributed by atoms with Gasteiger partial charge in [0.1, 0.15) is 5.75 Å². The number of ether oxygens (including phenoxy) is 2. The summed E-state index contributed by atoms with van der Waals surface area (Å²) in [6.07, 6.45) is 2.84. The monoisotopic (exact) mass is 354 g/mol.